The second-order valence-electron chi connectivity index (χ2n) is 7.39. The molecule has 0 spiro atoms. The van der Waals surface area contributed by atoms with Crippen LogP contribution in [0.2, 0.25) is 0 Å². The van der Waals surface area contributed by atoms with Gasteiger partial charge in [0.2, 0.25) is 10.0 Å². The Kier molecular flexibility index (Phi) is 5.31. The maximum atomic E-state index is 13.0. The van der Waals surface area contributed by atoms with E-state index in [2.05, 4.69) is 30.0 Å². The molecule has 0 aliphatic carbocycles. The van der Waals surface area contributed by atoms with Crippen molar-refractivity contribution < 1.29 is 17.9 Å². The topological polar surface area (TPSA) is 59.1 Å². The highest BCUT2D eigenvalue weighted by Gasteiger charge is 2.33. The Hall–Kier alpha value is -2.09. The number of aryl methyl sites for hydroxylation is 1. The zero-order chi connectivity index (χ0) is 19.7. The Morgan fingerprint density at radius 3 is 2.46 bits per heavy atom. The monoisotopic (exact) mass is 402 g/mol. The number of methoxy groups -OCH3 is 1. The average Bonchev–Trinajstić information content (AvgIpc) is 2.73. The zero-order valence-corrected chi connectivity index (χ0v) is 17.1. The summed E-state index contributed by atoms with van der Waals surface area (Å²) in [6.07, 6.45) is 1.57. The summed E-state index contributed by atoms with van der Waals surface area (Å²) in [6.45, 7) is 4.30. The van der Waals surface area contributed by atoms with Gasteiger partial charge in [-0.3, -0.25) is 0 Å². The molecule has 0 radical (unpaired) electrons. The molecule has 0 saturated carbocycles. The lowest BCUT2D eigenvalue weighted by Gasteiger charge is -2.41. The molecule has 2 heterocycles. The number of sulfonamides is 1. The summed E-state index contributed by atoms with van der Waals surface area (Å²) >= 11 is 0. The van der Waals surface area contributed by atoms with Crippen LogP contribution in [0.4, 0.5) is 5.69 Å². The summed E-state index contributed by atoms with van der Waals surface area (Å²) in [7, 11) is -1.91. The van der Waals surface area contributed by atoms with E-state index in [1.807, 2.05) is 0 Å². The fraction of sp³-hybridized carbons (Fsp3) is 0.429. The van der Waals surface area contributed by atoms with Crippen molar-refractivity contribution in [3.63, 3.8) is 0 Å². The third kappa shape index (κ3) is 3.62. The first-order valence-corrected chi connectivity index (χ1v) is 11.0. The minimum absolute atomic E-state index is 0.282. The van der Waals surface area contributed by atoms with Gasteiger partial charge in [-0.25, -0.2) is 8.42 Å². The predicted octanol–water partition coefficient (Wildman–Crippen LogP) is 3.15. The summed E-state index contributed by atoms with van der Waals surface area (Å²) in [5.41, 5.74) is 3.65. The van der Waals surface area contributed by atoms with Crippen LogP contribution in [0, 0.1) is 6.92 Å². The molecule has 0 unspecified atom stereocenters. The standard InChI is InChI=1S/C21H26N2O4S/c1-16-3-8-21-17(13-16)14-27-15-23(21)18-9-11-22(12-10-18)28(24,25)20-6-4-19(26-2)5-7-20/h3-8,13,18H,9-12,14-15H2,1-2H3. The number of hydrogen-bond acceptors (Lipinski definition) is 5. The van der Waals surface area contributed by atoms with Crippen LogP contribution in [0.1, 0.15) is 24.0 Å². The Morgan fingerprint density at radius 2 is 1.79 bits per heavy atom. The minimum atomic E-state index is -3.48. The van der Waals surface area contributed by atoms with Crippen LogP contribution < -0.4 is 9.64 Å². The lowest BCUT2D eigenvalue weighted by Crippen LogP contribution is -2.48. The van der Waals surface area contributed by atoms with E-state index >= 15 is 0 Å². The quantitative estimate of drug-likeness (QED) is 0.786. The smallest absolute Gasteiger partial charge is 0.243 e. The highest BCUT2D eigenvalue weighted by Crippen LogP contribution is 2.32. The van der Waals surface area contributed by atoms with Crippen LogP contribution in [0.25, 0.3) is 0 Å². The first kappa shape index (κ1) is 19.2. The Morgan fingerprint density at radius 1 is 1.07 bits per heavy atom. The molecule has 2 aromatic rings. The van der Waals surface area contributed by atoms with Crippen molar-refractivity contribution >= 4 is 15.7 Å². The van der Waals surface area contributed by atoms with E-state index in [9.17, 15) is 8.42 Å². The van der Waals surface area contributed by atoms with Gasteiger partial charge in [0.1, 0.15) is 12.5 Å². The molecule has 28 heavy (non-hydrogen) atoms. The number of nitrogens with zero attached hydrogens (tertiary/aromatic N) is 2. The lowest BCUT2D eigenvalue weighted by molar-refractivity contribution is 0.0987. The molecule has 150 valence electrons. The van der Waals surface area contributed by atoms with Crippen molar-refractivity contribution in [3.05, 3.63) is 53.6 Å². The van der Waals surface area contributed by atoms with E-state index < -0.39 is 10.0 Å². The number of fused-ring (bicyclic) bond motifs is 1. The van der Waals surface area contributed by atoms with Crippen LogP contribution in [-0.4, -0.2) is 45.7 Å². The van der Waals surface area contributed by atoms with E-state index in [0.29, 0.717) is 37.1 Å². The van der Waals surface area contributed by atoms with Crippen molar-refractivity contribution in [1.29, 1.82) is 0 Å². The molecule has 1 fully saturated rings. The molecule has 6 nitrogen and oxygen atoms in total. The number of rotatable bonds is 4. The van der Waals surface area contributed by atoms with E-state index in [1.54, 1.807) is 35.7 Å². The molecule has 2 aliphatic rings. The Balaban J connectivity index is 1.46. The molecule has 1 saturated heterocycles. The van der Waals surface area contributed by atoms with Crippen LogP contribution in [0.3, 0.4) is 0 Å². The summed E-state index contributed by atoms with van der Waals surface area (Å²) in [5, 5.41) is 0. The SMILES string of the molecule is COc1ccc(S(=O)(=O)N2CCC(N3COCc4cc(C)ccc43)CC2)cc1. The molecular formula is C21H26N2O4S. The summed E-state index contributed by atoms with van der Waals surface area (Å²) in [6, 6.07) is 13.3. The third-order valence-electron chi connectivity index (χ3n) is 5.59. The van der Waals surface area contributed by atoms with E-state index in [4.69, 9.17) is 9.47 Å². The first-order chi connectivity index (χ1) is 13.5. The summed E-state index contributed by atoms with van der Waals surface area (Å²) in [4.78, 5) is 2.60. The molecule has 0 amide bonds. The van der Waals surface area contributed by atoms with Crippen LogP contribution in [0.15, 0.2) is 47.4 Å². The molecule has 2 aliphatic heterocycles. The molecule has 0 atom stereocenters. The zero-order valence-electron chi connectivity index (χ0n) is 16.3. The predicted molar refractivity (Wildman–Crippen MR) is 108 cm³/mol. The van der Waals surface area contributed by atoms with Crippen molar-refractivity contribution in [1.82, 2.24) is 4.31 Å². The van der Waals surface area contributed by atoms with E-state index in [0.717, 1.165) is 12.8 Å². The molecule has 0 bridgehead atoms. The maximum Gasteiger partial charge on any atom is 0.243 e. The fourth-order valence-electron chi connectivity index (χ4n) is 4.03. The highest BCUT2D eigenvalue weighted by atomic mass is 32.2. The Labute approximate surface area is 166 Å². The van der Waals surface area contributed by atoms with Gasteiger partial charge in [-0.2, -0.15) is 4.31 Å². The number of ether oxygens (including phenoxy) is 2. The van der Waals surface area contributed by atoms with Crippen molar-refractivity contribution in [2.24, 2.45) is 0 Å². The molecule has 4 rings (SSSR count). The van der Waals surface area contributed by atoms with Gasteiger partial charge in [0.05, 0.1) is 18.6 Å². The van der Waals surface area contributed by atoms with Crippen LogP contribution in [-0.2, 0) is 21.4 Å². The first-order valence-electron chi connectivity index (χ1n) is 9.57. The van der Waals surface area contributed by atoms with Gasteiger partial charge < -0.3 is 14.4 Å². The number of piperidine rings is 1. The van der Waals surface area contributed by atoms with Gasteiger partial charge >= 0.3 is 0 Å². The van der Waals surface area contributed by atoms with Crippen molar-refractivity contribution in [2.75, 3.05) is 31.8 Å². The molecule has 0 N–H and O–H groups in total. The lowest BCUT2D eigenvalue weighted by atomic mass is 10.0. The minimum Gasteiger partial charge on any atom is -0.497 e. The summed E-state index contributed by atoms with van der Waals surface area (Å²) < 4.78 is 38.4. The highest BCUT2D eigenvalue weighted by molar-refractivity contribution is 7.89. The van der Waals surface area contributed by atoms with E-state index in [1.165, 1.54) is 16.8 Å². The second kappa shape index (κ2) is 7.73. The third-order valence-corrected chi connectivity index (χ3v) is 7.51. The van der Waals surface area contributed by atoms with Crippen LogP contribution in [0.5, 0.6) is 5.75 Å². The fourth-order valence-corrected chi connectivity index (χ4v) is 5.50. The largest absolute Gasteiger partial charge is 0.497 e. The van der Waals surface area contributed by atoms with Gasteiger partial charge in [-0.05, 0) is 50.1 Å². The number of hydrogen-bond donors (Lipinski definition) is 0. The van der Waals surface area contributed by atoms with Crippen LogP contribution >= 0.6 is 0 Å². The van der Waals surface area contributed by atoms with Gasteiger partial charge in [0.25, 0.3) is 0 Å². The number of benzene rings is 2. The van der Waals surface area contributed by atoms with Gasteiger partial charge in [-0.1, -0.05) is 17.7 Å². The van der Waals surface area contributed by atoms with Gasteiger partial charge in [0.15, 0.2) is 0 Å². The van der Waals surface area contributed by atoms with Gasteiger partial charge in [0, 0.05) is 30.4 Å². The average molecular weight is 403 g/mol. The van der Waals surface area contributed by atoms with E-state index in [-0.39, 0.29) is 6.04 Å². The molecule has 7 heteroatoms. The van der Waals surface area contributed by atoms with Crippen molar-refractivity contribution in [3.8, 4) is 5.75 Å². The Bertz CT molecular complexity index is 935. The maximum absolute atomic E-state index is 13.0. The number of anilines is 1. The molecular weight excluding hydrogens is 376 g/mol. The molecule has 2 aromatic carbocycles. The summed E-state index contributed by atoms with van der Waals surface area (Å²) in [5.74, 6) is 0.650. The normalized spacial score (nSPS) is 18.7. The van der Waals surface area contributed by atoms with Gasteiger partial charge in [-0.15, -0.1) is 0 Å². The molecule has 0 aromatic heterocycles. The second-order valence-corrected chi connectivity index (χ2v) is 9.33. The van der Waals surface area contributed by atoms with Crippen molar-refractivity contribution in [2.45, 2.75) is 37.3 Å².